The van der Waals surface area contributed by atoms with Crippen molar-refractivity contribution >= 4 is 43.7 Å². The van der Waals surface area contributed by atoms with Crippen LogP contribution in [0.3, 0.4) is 0 Å². The molecule has 140 valence electrons. The number of carbonyl (C=O) groups excluding carboxylic acids is 2. The van der Waals surface area contributed by atoms with Gasteiger partial charge in [-0.05, 0) is 58.7 Å². The zero-order chi connectivity index (χ0) is 19.2. The summed E-state index contributed by atoms with van der Waals surface area (Å²) in [4.78, 5) is 24.9. The van der Waals surface area contributed by atoms with Gasteiger partial charge in [-0.1, -0.05) is 41.9 Å². The molecule has 6 heteroatoms. The lowest BCUT2D eigenvalue weighted by molar-refractivity contribution is -0.122. The van der Waals surface area contributed by atoms with Crippen LogP contribution >= 0.6 is 27.5 Å². The first-order chi connectivity index (χ1) is 13.0. The molecule has 1 aliphatic rings. The van der Waals surface area contributed by atoms with E-state index in [1.54, 1.807) is 24.3 Å². The number of rotatable bonds is 5. The van der Waals surface area contributed by atoms with E-state index in [2.05, 4.69) is 26.6 Å². The van der Waals surface area contributed by atoms with Crippen LogP contribution in [0, 0.1) is 0 Å². The molecule has 1 heterocycles. The molecule has 2 N–H and O–H groups in total. The van der Waals surface area contributed by atoms with Crippen LogP contribution in [0.25, 0.3) is 4.48 Å². The third kappa shape index (κ3) is 5.28. The van der Waals surface area contributed by atoms with Gasteiger partial charge in [-0.25, -0.2) is 0 Å². The van der Waals surface area contributed by atoms with Gasteiger partial charge in [0, 0.05) is 33.6 Å². The molecule has 0 bridgehead atoms. The summed E-state index contributed by atoms with van der Waals surface area (Å²) in [7, 11) is 0. The van der Waals surface area contributed by atoms with Crippen molar-refractivity contribution in [1.29, 1.82) is 0 Å². The molecule has 1 amide bonds. The monoisotopic (exact) mass is 446 g/mol. The summed E-state index contributed by atoms with van der Waals surface area (Å²) >= 11 is 9.59. The SMILES string of the molecule is O=C(N/C(CC1NCCCC1=O)=C(\Br)c1ccc(Cl)cc1)c1ccccc1. The van der Waals surface area contributed by atoms with Gasteiger partial charge in [0.15, 0.2) is 0 Å². The summed E-state index contributed by atoms with van der Waals surface area (Å²) in [6.45, 7) is 0.800. The van der Waals surface area contributed by atoms with Crippen molar-refractivity contribution in [2.45, 2.75) is 25.3 Å². The van der Waals surface area contributed by atoms with Crippen LogP contribution in [0.15, 0.2) is 60.3 Å². The Kier molecular flexibility index (Phi) is 6.83. The van der Waals surface area contributed by atoms with Gasteiger partial charge in [0.2, 0.25) is 0 Å². The number of hydrogen-bond acceptors (Lipinski definition) is 3. The zero-order valence-electron chi connectivity index (χ0n) is 14.7. The highest BCUT2D eigenvalue weighted by molar-refractivity contribution is 9.15. The summed E-state index contributed by atoms with van der Waals surface area (Å²) in [6.07, 6.45) is 1.82. The maximum Gasteiger partial charge on any atom is 0.255 e. The molecule has 0 aliphatic carbocycles. The quantitative estimate of drug-likeness (QED) is 0.707. The van der Waals surface area contributed by atoms with E-state index in [4.69, 9.17) is 11.6 Å². The fourth-order valence-electron chi connectivity index (χ4n) is 2.98. The van der Waals surface area contributed by atoms with Gasteiger partial charge in [-0.2, -0.15) is 0 Å². The van der Waals surface area contributed by atoms with Crippen LogP contribution in [0.1, 0.15) is 35.2 Å². The minimum absolute atomic E-state index is 0.170. The Morgan fingerprint density at radius 1 is 1.11 bits per heavy atom. The van der Waals surface area contributed by atoms with Gasteiger partial charge in [-0.3, -0.25) is 9.59 Å². The van der Waals surface area contributed by atoms with E-state index in [-0.39, 0.29) is 17.7 Å². The molecule has 4 nitrogen and oxygen atoms in total. The highest BCUT2D eigenvalue weighted by atomic mass is 79.9. The molecule has 2 aromatic rings. The minimum atomic E-state index is -0.301. The van der Waals surface area contributed by atoms with Gasteiger partial charge in [0.1, 0.15) is 5.78 Å². The van der Waals surface area contributed by atoms with Crippen LogP contribution in [-0.2, 0) is 4.79 Å². The number of benzene rings is 2. The van der Waals surface area contributed by atoms with E-state index < -0.39 is 0 Å². The molecule has 0 aromatic heterocycles. The fourth-order valence-corrected chi connectivity index (χ4v) is 3.63. The van der Waals surface area contributed by atoms with Crippen LogP contribution < -0.4 is 10.6 Å². The van der Waals surface area contributed by atoms with E-state index in [1.165, 1.54) is 0 Å². The molecule has 1 fully saturated rings. The summed E-state index contributed by atoms with van der Waals surface area (Å²) in [5.74, 6) is -0.0381. The standard InChI is InChI=1S/C21H20BrClN2O2/c22-20(14-8-10-16(23)11-9-14)18(13-17-19(26)7-4-12-24-17)25-21(27)15-5-2-1-3-6-15/h1-3,5-6,8-11,17,24H,4,7,12-13H2,(H,25,27)/b20-18-. The van der Waals surface area contributed by atoms with Gasteiger partial charge >= 0.3 is 0 Å². The minimum Gasteiger partial charge on any atom is -0.324 e. The maximum atomic E-state index is 12.7. The van der Waals surface area contributed by atoms with Crippen molar-refractivity contribution in [1.82, 2.24) is 10.6 Å². The number of ketones is 1. The van der Waals surface area contributed by atoms with E-state index >= 15 is 0 Å². The summed E-state index contributed by atoms with van der Waals surface area (Å²) in [5, 5.41) is 6.87. The number of halogens is 2. The van der Waals surface area contributed by atoms with Gasteiger partial charge in [0.25, 0.3) is 5.91 Å². The predicted octanol–water partition coefficient (Wildman–Crippen LogP) is 4.54. The second-order valence-electron chi connectivity index (χ2n) is 6.40. The van der Waals surface area contributed by atoms with E-state index in [9.17, 15) is 9.59 Å². The fraction of sp³-hybridized carbons (Fsp3) is 0.238. The second-order valence-corrected chi connectivity index (χ2v) is 7.63. The molecule has 0 saturated carbocycles. The smallest absolute Gasteiger partial charge is 0.255 e. The first kappa shape index (κ1) is 19.8. The Balaban J connectivity index is 1.90. The number of piperidine rings is 1. The van der Waals surface area contributed by atoms with Crippen LogP contribution in [-0.4, -0.2) is 24.3 Å². The largest absolute Gasteiger partial charge is 0.324 e. The number of amides is 1. The van der Waals surface area contributed by atoms with Crippen molar-refractivity contribution in [2.75, 3.05) is 6.54 Å². The van der Waals surface area contributed by atoms with Gasteiger partial charge in [0.05, 0.1) is 6.04 Å². The lowest BCUT2D eigenvalue weighted by Gasteiger charge is -2.24. The average Bonchev–Trinajstić information content (AvgIpc) is 2.69. The molecule has 3 rings (SSSR count). The Bertz CT molecular complexity index is 850. The van der Waals surface area contributed by atoms with Crippen molar-refractivity contribution in [3.63, 3.8) is 0 Å². The summed E-state index contributed by atoms with van der Waals surface area (Å²) < 4.78 is 0.739. The van der Waals surface area contributed by atoms with Crippen molar-refractivity contribution in [2.24, 2.45) is 0 Å². The molecule has 1 unspecified atom stereocenters. The van der Waals surface area contributed by atoms with E-state index in [0.717, 1.165) is 23.0 Å². The number of Topliss-reactive ketones (excluding diaryl/α,β-unsaturated/α-hetero) is 1. The average molecular weight is 448 g/mol. The van der Waals surface area contributed by atoms with Gasteiger partial charge in [-0.15, -0.1) is 0 Å². The maximum absolute atomic E-state index is 12.7. The number of hydrogen-bond donors (Lipinski definition) is 2. The number of nitrogens with one attached hydrogen (secondary N) is 2. The Labute approximate surface area is 172 Å². The first-order valence-electron chi connectivity index (χ1n) is 8.81. The molecule has 0 spiro atoms. The number of carbonyl (C=O) groups is 2. The Morgan fingerprint density at radius 3 is 2.48 bits per heavy atom. The van der Waals surface area contributed by atoms with E-state index in [0.29, 0.717) is 29.1 Å². The highest BCUT2D eigenvalue weighted by Crippen LogP contribution is 2.28. The summed E-state index contributed by atoms with van der Waals surface area (Å²) in [6, 6.07) is 16.0. The second kappa shape index (κ2) is 9.31. The molecule has 1 aliphatic heterocycles. The van der Waals surface area contributed by atoms with Crippen LogP contribution in [0.4, 0.5) is 0 Å². The Morgan fingerprint density at radius 2 is 1.81 bits per heavy atom. The zero-order valence-corrected chi connectivity index (χ0v) is 17.0. The third-order valence-corrected chi connectivity index (χ3v) is 5.64. The Hall–Kier alpha value is -1.95. The van der Waals surface area contributed by atoms with E-state index in [1.807, 2.05) is 30.3 Å². The van der Waals surface area contributed by atoms with Crippen LogP contribution in [0.2, 0.25) is 5.02 Å². The van der Waals surface area contributed by atoms with Crippen molar-refractivity contribution in [3.8, 4) is 0 Å². The molecule has 0 radical (unpaired) electrons. The van der Waals surface area contributed by atoms with Gasteiger partial charge < -0.3 is 10.6 Å². The molecule has 1 saturated heterocycles. The molecule has 1 atom stereocenters. The molecule has 2 aromatic carbocycles. The normalized spacial score (nSPS) is 18.0. The topological polar surface area (TPSA) is 58.2 Å². The lowest BCUT2D eigenvalue weighted by Crippen LogP contribution is -2.43. The lowest BCUT2D eigenvalue weighted by atomic mass is 9.98. The summed E-state index contributed by atoms with van der Waals surface area (Å²) in [5.41, 5.74) is 2.11. The van der Waals surface area contributed by atoms with Crippen molar-refractivity contribution < 1.29 is 9.59 Å². The molecule has 27 heavy (non-hydrogen) atoms. The predicted molar refractivity (Wildman–Crippen MR) is 112 cm³/mol. The molecular formula is C21H20BrClN2O2. The van der Waals surface area contributed by atoms with Crippen molar-refractivity contribution in [3.05, 3.63) is 76.4 Å². The highest BCUT2D eigenvalue weighted by Gasteiger charge is 2.25. The first-order valence-corrected chi connectivity index (χ1v) is 9.99. The van der Waals surface area contributed by atoms with Crippen LogP contribution in [0.5, 0.6) is 0 Å². The molecular weight excluding hydrogens is 428 g/mol. The third-order valence-electron chi connectivity index (χ3n) is 4.45.